The van der Waals surface area contributed by atoms with E-state index >= 15 is 0 Å². The Morgan fingerprint density at radius 3 is 2.07 bits per heavy atom. The normalized spacial score (nSPS) is 11.3. The van der Waals surface area contributed by atoms with Gasteiger partial charge in [0.05, 0.1) is 4.90 Å². The van der Waals surface area contributed by atoms with Crippen molar-refractivity contribution in [2.45, 2.75) is 31.7 Å². The average Bonchev–Trinajstić information content (AvgIpc) is 2.60. The predicted molar refractivity (Wildman–Crippen MR) is 102 cm³/mol. The molecule has 0 aliphatic carbocycles. The monoisotopic (exact) mass is 390 g/mol. The first-order chi connectivity index (χ1) is 12.6. The number of aliphatic carboxylic acids is 1. The van der Waals surface area contributed by atoms with E-state index < -0.39 is 28.4 Å². The van der Waals surface area contributed by atoms with Crippen molar-refractivity contribution in [3.05, 3.63) is 59.7 Å². The highest BCUT2D eigenvalue weighted by molar-refractivity contribution is 7.92. The van der Waals surface area contributed by atoms with Gasteiger partial charge in [0.15, 0.2) is 0 Å². The number of hydrogen-bond acceptors (Lipinski definition) is 4. The minimum absolute atomic E-state index is 0.00829. The Kier molecular flexibility index (Phi) is 6.22. The lowest BCUT2D eigenvalue weighted by Crippen LogP contribution is -2.40. The zero-order valence-electron chi connectivity index (χ0n) is 15.3. The van der Waals surface area contributed by atoms with E-state index in [2.05, 4.69) is 4.72 Å². The van der Waals surface area contributed by atoms with Gasteiger partial charge in [0.2, 0.25) is 0 Å². The van der Waals surface area contributed by atoms with Gasteiger partial charge in [0.25, 0.3) is 15.9 Å². The number of carboxylic acid groups (broad SMARTS) is 1. The van der Waals surface area contributed by atoms with Gasteiger partial charge in [0, 0.05) is 17.3 Å². The molecule has 0 bridgehead atoms. The van der Waals surface area contributed by atoms with E-state index in [0.29, 0.717) is 5.69 Å². The lowest BCUT2D eigenvalue weighted by molar-refractivity contribution is -0.138. The average molecular weight is 390 g/mol. The van der Waals surface area contributed by atoms with Crippen molar-refractivity contribution >= 4 is 27.6 Å². The smallest absolute Gasteiger partial charge is 0.323 e. The number of aryl methyl sites for hydroxylation is 1. The summed E-state index contributed by atoms with van der Waals surface area (Å²) >= 11 is 0. The highest BCUT2D eigenvalue weighted by Gasteiger charge is 2.22. The van der Waals surface area contributed by atoms with E-state index in [4.69, 9.17) is 5.11 Å². The molecule has 0 heterocycles. The van der Waals surface area contributed by atoms with Crippen LogP contribution in [-0.4, -0.2) is 42.9 Å². The van der Waals surface area contributed by atoms with Gasteiger partial charge in [-0.05, 0) is 57.2 Å². The molecule has 0 aliphatic heterocycles. The van der Waals surface area contributed by atoms with E-state index in [0.717, 1.165) is 5.56 Å². The van der Waals surface area contributed by atoms with Crippen molar-refractivity contribution in [2.75, 3.05) is 11.3 Å². The number of anilines is 1. The van der Waals surface area contributed by atoms with Crippen LogP contribution < -0.4 is 4.72 Å². The summed E-state index contributed by atoms with van der Waals surface area (Å²) in [5, 5.41) is 8.96. The first kappa shape index (κ1) is 20.4. The number of rotatable bonds is 7. The number of nitrogens with one attached hydrogen (secondary N) is 1. The lowest BCUT2D eigenvalue weighted by Gasteiger charge is -2.25. The minimum Gasteiger partial charge on any atom is -0.480 e. The largest absolute Gasteiger partial charge is 0.480 e. The molecule has 0 unspecified atom stereocenters. The van der Waals surface area contributed by atoms with Gasteiger partial charge in [-0.1, -0.05) is 17.7 Å². The minimum atomic E-state index is -3.79. The quantitative estimate of drug-likeness (QED) is 0.756. The van der Waals surface area contributed by atoms with Crippen molar-refractivity contribution in [2.24, 2.45) is 0 Å². The number of sulfonamides is 1. The molecule has 1 amide bonds. The second kappa shape index (κ2) is 8.22. The van der Waals surface area contributed by atoms with Gasteiger partial charge < -0.3 is 10.0 Å². The molecule has 2 rings (SSSR count). The van der Waals surface area contributed by atoms with Crippen LogP contribution in [0.2, 0.25) is 0 Å². The first-order valence-corrected chi connectivity index (χ1v) is 9.81. The molecule has 0 saturated carbocycles. The van der Waals surface area contributed by atoms with Crippen LogP contribution in [-0.2, 0) is 14.8 Å². The topological polar surface area (TPSA) is 104 Å². The van der Waals surface area contributed by atoms with E-state index in [9.17, 15) is 18.0 Å². The van der Waals surface area contributed by atoms with Gasteiger partial charge in [-0.2, -0.15) is 0 Å². The van der Waals surface area contributed by atoms with Crippen LogP contribution in [0.4, 0.5) is 5.69 Å². The van der Waals surface area contributed by atoms with Gasteiger partial charge >= 0.3 is 5.97 Å². The summed E-state index contributed by atoms with van der Waals surface area (Å²) in [6.45, 7) is 4.90. The second-order valence-corrected chi connectivity index (χ2v) is 8.10. The van der Waals surface area contributed by atoms with Crippen LogP contribution in [0.25, 0.3) is 0 Å². The van der Waals surface area contributed by atoms with Gasteiger partial charge in [0.1, 0.15) is 6.54 Å². The Labute approximate surface area is 158 Å². The summed E-state index contributed by atoms with van der Waals surface area (Å²) in [4.78, 5) is 24.7. The van der Waals surface area contributed by atoms with Crippen molar-refractivity contribution in [3.8, 4) is 0 Å². The Balaban J connectivity index is 2.21. The summed E-state index contributed by atoms with van der Waals surface area (Å²) < 4.78 is 27.4. The molecule has 144 valence electrons. The Hall–Kier alpha value is -2.87. The molecule has 2 aromatic carbocycles. The molecule has 0 saturated heterocycles. The summed E-state index contributed by atoms with van der Waals surface area (Å²) in [6.07, 6.45) is 0. The molecular formula is C19H22N2O5S. The zero-order valence-corrected chi connectivity index (χ0v) is 16.2. The third kappa shape index (κ3) is 5.30. The zero-order chi connectivity index (χ0) is 20.2. The third-order valence-electron chi connectivity index (χ3n) is 3.91. The SMILES string of the molecule is Cc1ccc(NS(=O)(=O)c2ccc(C(=O)N(CC(=O)O)C(C)C)cc2)cc1. The van der Waals surface area contributed by atoms with E-state index in [1.807, 2.05) is 6.92 Å². The van der Waals surface area contributed by atoms with Gasteiger partial charge in [-0.25, -0.2) is 8.42 Å². The maximum Gasteiger partial charge on any atom is 0.323 e. The van der Waals surface area contributed by atoms with Crippen molar-refractivity contribution in [3.63, 3.8) is 0 Å². The van der Waals surface area contributed by atoms with Crippen LogP contribution in [0.1, 0.15) is 29.8 Å². The fourth-order valence-electron chi connectivity index (χ4n) is 2.41. The van der Waals surface area contributed by atoms with Crippen molar-refractivity contribution < 1.29 is 23.1 Å². The lowest BCUT2D eigenvalue weighted by atomic mass is 10.1. The molecule has 0 atom stereocenters. The molecule has 27 heavy (non-hydrogen) atoms. The number of hydrogen-bond donors (Lipinski definition) is 2. The summed E-state index contributed by atoms with van der Waals surface area (Å²) in [7, 11) is -3.79. The molecular weight excluding hydrogens is 368 g/mol. The highest BCUT2D eigenvalue weighted by atomic mass is 32.2. The van der Waals surface area contributed by atoms with E-state index in [1.165, 1.54) is 29.2 Å². The van der Waals surface area contributed by atoms with Crippen LogP contribution in [0, 0.1) is 6.92 Å². The predicted octanol–water partition coefficient (Wildman–Crippen LogP) is 2.73. The number of amides is 1. The number of benzene rings is 2. The first-order valence-electron chi connectivity index (χ1n) is 8.32. The van der Waals surface area contributed by atoms with Crippen LogP contribution in [0.3, 0.4) is 0 Å². The van der Waals surface area contributed by atoms with Crippen molar-refractivity contribution in [1.29, 1.82) is 0 Å². The summed E-state index contributed by atoms with van der Waals surface area (Å²) in [6, 6.07) is 12.0. The number of carbonyl (C=O) groups is 2. The molecule has 2 N–H and O–H groups in total. The summed E-state index contributed by atoms with van der Waals surface area (Å²) in [5.41, 5.74) is 1.67. The summed E-state index contributed by atoms with van der Waals surface area (Å²) in [5.74, 6) is -1.58. The van der Waals surface area contributed by atoms with Crippen LogP contribution in [0.5, 0.6) is 0 Å². The van der Waals surface area contributed by atoms with Crippen LogP contribution >= 0.6 is 0 Å². The third-order valence-corrected chi connectivity index (χ3v) is 5.30. The molecule has 0 fully saturated rings. The molecule has 8 heteroatoms. The fraction of sp³-hybridized carbons (Fsp3) is 0.263. The highest BCUT2D eigenvalue weighted by Crippen LogP contribution is 2.18. The van der Waals surface area contributed by atoms with E-state index in [-0.39, 0.29) is 16.5 Å². The Bertz CT molecular complexity index is 920. The molecule has 0 radical (unpaired) electrons. The number of nitrogens with zero attached hydrogens (tertiary/aromatic N) is 1. The molecule has 7 nitrogen and oxygen atoms in total. The van der Waals surface area contributed by atoms with Crippen molar-refractivity contribution in [1.82, 2.24) is 4.90 Å². The molecule has 0 spiro atoms. The molecule has 0 aliphatic rings. The van der Waals surface area contributed by atoms with Gasteiger partial charge in [-0.3, -0.25) is 14.3 Å². The maximum absolute atomic E-state index is 12.5. The van der Waals surface area contributed by atoms with Gasteiger partial charge in [-0.15, -0.1) is 0 Å². The van der Waals surface area contributed by atoms with E-state index in [1.54, 1.807) is 38.1 Å². The van der Waals surface area contributed by atoms with Crippen LogP contribution in [0.15, 0.2) is 53.4 Å². The standard InChI is InChI=1S/C19H22N2O5S/c1-13(2)21(12-18(22)23)19(24)15-6-10-17(11-7-15)27(25,26)20-16-8-4-14(3)5-9-16/h4-11,13,20H,12H2,1-3H3,(H,22,23). The fourth-order valence-corrected chi connectivity index (χ4v) is 3.47. The molecule has 2 aromatic rings. The number of carbonyl (C=O) groups excluding carboxylic acids is 1. The Morgan fingerprint density at radius 1 is 1.04 bits per heavy atom. The Morgan fingerprint density at radius 2 is 1.59 bits per heavy atom. The number of carboxylic acids is 1. The second-order valence-electron chi connectivity index (χ2n) is 6.42. The maximum atomic E-state index is 12.5. The molecule has 0 aromatic heterocycles.